The third-order valence-corrected chi connectivity index (χ3v) is 5.92. The summed E-state index contributed by atoms with van der Waals surface area (Å²) < 4.78 is 56.9. The van der Waals surface area contributed by atoms with Gasteiger partial charge in [-0.05, 0) is 35.7 Å². The summed E-state index contributed by atoms with van der Waals surface area (Å²) in [5, 5.41) is 7.55. The van der Waals surface area contributed by atoms with Gasteiger partial charge in [0.15, 0.2) is 5.70 Å². The van der Waals surface area contributed by atoms with E-state index in [1.165, 1.54) is 23.9 Å². The molecule has 0 saturated carbocycles. The molecule has 2 amide bonds. The molecule has 1 aliphatic heterocycles. The van der Waals surface area contributed by atoms with Gasteiger partial charge >= 0.3 is 12.1 Å². The van der Waals surface area contributed by atoms with Crippen LogP contribution in [0.25, 0.3) is 10.9 Å². The molecule has 2 heterocycles. The van der Waals surface area contributed by atoms with Crippen molar-refractivity contribution in [3.05, 3.63) is 83.1 Å². The Hall–Kier alpha value is -4.59. The first-order valence-electron chi connectivity index (χ1n) is 11.7. The number of esters is 1. The molecule has 206 valence electrons. The minimum Gasteiger partial charge on any atom is -0.467 e. The molecule has 1 aliphatic rings. The number of amides is 2. The zero-order valence-electron chi connectivity index (χ0n) is 20.6. The van der Waals surface area contributed by atoms with Crippen LogP contribution in [0.4, 0.5) is 17.6 Å². The molecule has 0 saturated heterocycles. The smallest absolute Gasteiger partial charge is 0.416 e. The van der Waals surface area contributed by atoms with Crippen LogP contribution in [-0.4, -0.2) is 54.0 Å². The van der Waals surface area contributed by atoms with Crippen molar-refractivity contribution in [3.63, 3.8) is 0 Å². The van der Waals surface area contributed by atoms with E-state index in [1.54, 1.807) is 0 Å². The number of hydrogen-bond acceptors (Lipinski definition) is 6. The normalized spacial score (nSPS) is 14.0. The van der Waals surface area contributed by atoms with Crippen molar-refractivity contribution in [2.45, 2.75) is 18.6 Å². The number of carbonyl (C=O) groups is 3. The number of methoxy groups -OCH3 is 1. The number of rotatable bonds is 9. The lowest BCUT2D eigenvalue weighted by atomic mass is 10.1. The first kappa shape index (κ1) is 27.4. The van der Waals surface area contributed by atoms with Crippen LogP contribution in [0, 0.1) is 5.82 Å². The number of halogens is 4. The Morgan fingerprint density at radius 1 is 1.10 bits per heavy atom. The third kappa shape index (κ3) is 6.65. The lowest BCUT2D eigenvalue weighted by Gasteiger charge is -2.15. The molecule has 4 rings (SSSR count). The number of quaternary nitrogens is 1. The van der Waals surface area contributed by atoms with E-state index in [0.29, 0.717) is 6.07 Å². The van der Waals surface area contributed by atoms with Gasteiger partial charge in [0, 0.05) is 24.2 Å². The largest absolute Gasteiger partial charge is 0.467 e. The second-order valence-electron chi connectivity index (χ2n) is 8.64. The summed E-state index contributed by atoms with van der Waals surface area (Å²) in [5.74, 6) is -3.37. The van der Waals surface area contributed by atoms with E-state index in [1.807, 2.05) is 30.3 Å². The molecule has 2 aromatic carbocycles. The van der Waals surface area contributed by atoms with E-state index >= 15 is 0 Å². The monoisotopic (exact) mass is 549 g/mol. The zero-order chi connectivity index (χ0) is 28.2. The predicted molar refractivity (Wildman–Crippen MR) is 130 cm³/mol. The van der Waals surface area contributed by atoms with E-state index in [9.17, 15) is 31.9 Å². The second-order valence-corrected chi connectivity index (χ2v) is 8.64. The zero-order valence-corrected chi connectivity index (χ0v) is 20.6. The number of H-pyrrole nitrogens is 1. The second kappa shape index (κ2) is 11.4. The molecule has 39 heavy (non-hydrogen) atoms. The number of nitrogens with two attached hydrogens (primary N) is 1. The first-order valence-corrected chi connectivity index (χ1v) is 11.7. The molecule has 3 aromatic rings. The maximum absolute atomic E-state index is 14.0. The highest BCUT2D eigenvalue weighted by atomic mass is 19.4. The fraction of sp³-hybridized carbons (Fsp3) is 0.240. The number of ether oxygens (including phenoxy) is 1. The van der Waals surface area contributed by atoms with Gasteiger partial charge in [-0.15, -0.1) is 5.53 Å². The number of nitrogens with one attached hydrogen (secondary N) is 4. The van der Waals surface area contributed by atoms with E-state index in [4.69, 9.17) is 4.74 Å². The molecule has 10 nitrogen and oxygen atoms in total. The van der Waals surface area contributed by atoms with Crippen LogP contribution < -0.4 is 21.6 Å². The molecule has 0 spiro atoms. The molecule has 0 aliphatic carbocycles. The molecule has 1 aromatic heterocycles. The standard InChI is InChI=1S/C25H24F4N6O4/c1-39-24(38)20(12-16-10-14-4-2-3-5-19(14)31-16)32-23(37)21-13-35(34-33-21)9-8-30-22(36)17-7-6-15(11-18(17)26)25(27,28)29/h2-7,10-11,13,20,31,33-34H,8-9,12H2,1H3,(H,30,36)(H,32,37)/p+1. The summed E-state index contributed by atoms with van der Waals surface area (Å²) in [7, 11) is 1.22. The van der Waals surface area contributed by atoms with Gasteiger partial charge in [-0.2, -0.15) is 13.2 Å². The molecule has 1 atom stereocenters. The van der Waals surface area contributed by atoms with E-state index in [2.05, 4.69) is 21.0 Å². The van der Waals surface area contributed by atoms with E-state index < -0.39 is 46.9 Å². The predicted octanol–water partition coefficient (Wildman–Crippen LogP) is 1.10. The summed E-state index contributed by atoms with van der Waals surface area (Å²) in [6.45, 7) is 0.154. The minimum absolute atomic E-state index is 0.00591. The first-order chi connectivity index (χ1) is 18.5. The fourth-order valence-electron chi connectivity index (χ4n) is 3.95. The summed E-state index contributed by atoms with van der Waals surface area (Å²) in [5.41, 5.74) is 4.24. The number of carbonyl (C=O) groups excluding carboxylic acids is 3. The highest BCUT2D eigenvalue weighted by molar-refractivity contribution is 5.96. The maximum Gasteiger partial charge on any atom is 0.416 e. The van der Waals surface area contributed by atoms with Gasteiger partial charge in [0.05, 0.1) is 31.0 Å². The number of aromatic nitrogens is 1. The van der Waals surface area contributed by atoms with Crippen LogP contribution in [0.5, 0.6) is 0 Å². The Balaban J connectivity index is 1.31. The molecule has 0 bridgehead atoms. The molecule has 1 unspecified atom stereocenters. The van der Waals surface area contributed by atoms with Gasteiger partial charge in [0.25, 0.3) is 11.8 Å². The lowest BCUT2D eigenvalue weighted by molar-refractivity contribution is -0.822. The van der Waals surface area contributed by atoms with Gasteiger partial charge in [0.2, 0.25) is 0 Å². The quantitative estimate of drug-likeness (QED) is 0.154. The number of alkyl halides is 3. The average molecular weight is 550 g/mol. The maximum atomic E-state index is 14.0. The number of hydrogen-bond donors (Lipinski definition) is 5. The van der Waals surface area contributed by atoms with Crippen LogP contribution in [0.1, 0.15) is 21.6 Å². The fourth-order valence-corrected chi connectivity index (χ4v) is 3.95. The molecule has 0 radical (unpaired) electrons. The topological polar surface area (TPSA) is 132 Å². The minimum atomic E-state index is -4.72. The summed E-state index contributed by atoms with van der Waals surface area (Å²) in [4.78, 5) is 40.5. The third-order valence-electron chi connectivity index (χ3n) is 5.92. The molecule has 14 heteroatoms. The Morgan fingerprint density at radius 2 is 1.87 bits per heavy atom. The van der Waals surface area contributed by atoms with Crippen molar-refractivity contribution in [2.75, 3.05) is 20.2 Å². The van der Waals surface area contributed by atoms with Gasteiger partial charge in [0.1, 0.15) is 11.9 Å². The molecular weight excluding hydrogens is 524 g/mol. The SMILES string of the molecule is COC(=O)C(Cc1cc2ccccc2[nH]1)NC(=O)C1=CN(CCNC(=O)c2ccc(C(F)(F)F)cc2F)[NH2+]N1. The number of aromatic amines is 1. The number of nitrogens with zero attached hydrogens (tertiary/aromatic N) is 1. The van der Waals surface area contributed by atoms with E-state index in [-0.39, 0.29) is 31.3 Å². The van der Waals surface area contributed by atoms with E-state index in [0.717, 1.165) is 22.7 Å². The highest BCUT2D eigenvalue weighted by Gasteiger charge is 2.32. The molecule has 0 fully saturated rings. The Bertz CT molecular complexity index is 1390. The highest BCUT2D eigenvalue weighted by Crippen LogP contribution is 2.30. The van der Waals surface area contributed by atoms with Crippen LogP contribution in [0.3, 0.4) is 0 Å². The number of para-hydroxylation sites is 1. The van der Waals surface area contributed by atoms with Crippen molar-refractivity contribution >= 4 is 28.7 Å². The molecular formula is C25H25F4N6O4+. The van der Waals surface area contributed by atoms with Crippen LogP contribution >= 0.6 is 0 Å². The Kier molecular flexibility index (Phi) is 8.04. The Labute approximate surface area is 219 Å². The average Bonchev–Trinajstić information content (AvgIpc) is 3.54. The summed E-state index contributed by atoms with van der Waals surface area (Å²) >= 11 is 0. The van der Waals surface area contributed by atoms with Crippen LogP contribution in [-0.2, 0) is 26.9 Å². The number of benzene rings is 2. The van der Waals surface area contributed by atoms with Crippen LogP contribution in [0.2, 0.25) is 0 Å². The van der Waals surface area contributed by atoms with Gasteiger partial charge in [-0.1, -0.05) is 18.2 Å². The number of fused-ring (bicyclic) bond motifs is 1. The van der Waals surface area contributed by atoms with Gasteiger partial charge in [-0.3, -0.25) is 9.59 Å². The summed E-state index contributed by atoms with van der Waals surface area (Å²) in [6, 6.07) is 10.2. The van der Waals surface area contributed by atoms with Crippen molar-refractivity contribution in [1.82, 2.24) is 26.1 Å². The summed E-state index contributed by atoms with van der Waals surface area (Å²) in [6.07, 6.45) is -3.12. The van der Waals surface area contributed by atoms with Crippen molar-refractivity contribution in [3.8, 4) is 0 Å². The van der Waals surface area contributed by atoms with Crippen molar-refractivity contribution in [2.24, 2.45) is 0 Å². The van der Waals surface area contributed by atoms with Crippen LogP contribution in [0.15, 0.2) is 60.4 Å². The Morgan fingerprint density at radius 3 is 2.56 bits per heavy atom. The van der Waals surface area contributed by atoms with Crippen molar-refractivity contribution in [1.29, 1.82) is 0 Å². The molecule has 6 N–H and O–H groups in total. The van der Waals surface area contributed by atoms with Gasteiger partial charge < -0.3 is 20.4 Å². The lowest BCUT2D eigenvalue weighted by Crippen LogP contribution is -2.97. The van der Waals surface area contributed by atoms with Crippen molar-refractivity contribution < 1.29 is 42.2 Å². The van der Waals surface area contributed by atoms with Gasteiger partial charge in [-0.25, -0.2) is 19.6 Å².